The van der Waals surface area contributed by atoms with Crippen LogP contribution in [-0.2, 0) is 26.2 Å². The first kappa shape index (κ1) is 21.5. The van der Waals surface area contributed by atoms with Gasteiger partial charge in [-0.3, -0.25) is 14.5 Å². The van der Waals surface area contributed by atoms with Gasteiger partial charge in [-0.15, -0.1) is 0 Å². The molecule has 1 saturated heterocycles. The minimum absolute atomic E-state index is 0.0386. The average molecular weight is 433 g/mol. The molecule has 1 aromatic carbocycles. The Balaban J connectivity index is 1.57. The fourth-order valence-corrected chi connectivity index (χ4v) is 7.07. The van der Waals surface area contributed by atoms with E-state index in [9.17, 15) is 18.0 Å². The fourth-order valence-electron chi connectivity index (χ4n) is 5.39. The van der Waals surface area contributed by atoms with Crippen LogP contribution in [0.25, 0.3) is 0 Å². The first-order valence-corrected chi connectivity index (χ1v) is 12.7. The van der Waals surface area contributed by atoms with Gasteiger partial charge in [0, 0.05) is 13.1 Å². The van der Waals surface area contributed by atoms with Gasteiger partial charge in [-0.25, -0.2) is 8.42 Å². The number of sulfonamides is 1. The minimum atomic E-state index is -3.63. The molecule has 30 heavy (non-hydrogen) atoms. The number of carbonyl (C=O) groups is 2. The summed E-state index contributed by atoms with van der Waals surface area (Å²) in [7, 11) is -1.95. The van der Waals surface area contributed by atoms with Crippen molar-refractivity contribution in [3.63, 3.8) is 0 Å². The lowest BCUT2D eigenvalue weighted by molar-refractivity contribution is -0.140. The Morgan fingerprint density at radius 2 is 1.50 bits per heavy atom. The predicted octanol–water partition coefficient (Wildman–Crippen LogP) is 3.62. The predicted molar refractivity (Wildman–Crippen MR) is 114 cm³/mol. The van der Waals surface area contributed by atoms with Gasteiger partial charge >= 0.3 is 0 Å². The van der Waals surface area contributed by atoms with Crippen molar-refractivity contribution in [1.82, 2.24) is 9.21 Å². The van der Waals surface area contributed by atoms with Crippen molar-refractivity contribution in [3.05, 3.63) is 29.3 Å². The molecule has 7 heteroatoms. The van der Waals surface area contributed by atoms with Crippen molar-refractivity contribution in [1.29, 1.82) is 0 Å². The minimum Gasteiger partial charge on any atom is -0.278 e. The van der Waals surface area contributed by atoms with Crippen LogP contribution in [0.15, 0.2) is 23.1 Å². The summed E-state index contributed by atoms with van der Waals surface area (Å²) in [6.07, 6.45) is 8.64. The van der Waals surface area contributed by atoms with E-state index in [0.717, 1.165) is 51.4 Å². The molecule has 0 N–H and O–H groups in total. The van der Waals surface area contributed by atoms with Crippen LogP contribution in [0.1, 0.15) is 68.9 Å². The maximum absolute atomic E-state index is 13.4. The maximum atomic E-state index is 13.4. The number of benzene rings is 1. The van der Waals surface area contributed by atoms with Gasteiger partial charge in [0.05, 0.1) is 23.3 Å². The number of imide groups is 1. The molecule has 3 fully saturated rings. The zero-order valence-electron chi connectivity index (χ0n) is 18.0. The monoisotopic (exact) mass is 432 g/mol. The van der Waals surface area contributed by atoms with Gasteiger partial charge in [-0.1, -0.05) is 44.2 Å². The topological polar surface area (TPSA) is 74.8 Å². The molecule has 0 radical (unpaired) electrons. The lowest BCUT2D eigenvalue weighted by atomic mass is 9.81. The number of hydrogen-bond donors (Lipinski definition) is 0. The van der Waals surface area contributed by atoms with E-state index in [1.807, 2.05) is 6.07 Å². The molecule has 1 aliphatic heterocycles. The number of aryl methyl sites for hydroxylation is 1. The summed E-state index contributed by atoms with van der Waals surface area (Å²) in [4.78, 5) is 27.2. The average Bonchev–Trinajstić information content (AvgIpc) is 3.00. The molecule has 0 spiro atoms. The standard InChI is InChI=1S/C23H32N2O4S/c1-16-12-13-17(15-25-22(26)19-10-6-7-11-20(19)23(25)27)14-21(16)30(28,29)24(2)18-8-4-3-5-9-18/h12-14,18-20H,3-11,15H2,1-2H3/t19-,20-/m0/s1. The fraction of sp³-hybridized carbons (Fsp3) is 0.652. The zero-order chi connectivity index (χ0) is 21.5. The van der Waals surface area contributed by atoms with Crippen LogP contribution in [0, 0.1) is 18.8 Å². The van der Waals surface area contributed by atoms with Gasteiger partial charge in [0.15, 0.2) is 0 Å². The van der Waals surface area contributed by atoms with Crippen LogP contribution in [0.5, 0.6) is 0 Å². The molecule has 1 aromatic rings. The van der Waals surface area contributed by atoms with Crippen molar-refractivity contribution >= 4 is 21.8 Å². The smallest absolute Gasteiger partial charge is 0.243 e. The van der Waals surface area contributed by atoms with E-state index in [1.165, 1.54) is 15.6 Å². The van der Waals surface area contributed by atoms with Crippen molar-refractivity contribution < 1.29 is 18.0 Å². The number of fused-ring (bicyclic) bond motifs is 1. The molecule has 2 aliphatic carbocycles. The summed E-state index contributed by atoms with van der Waals surface area (Å²) in [6, 6.07) is 5.32. The van der Waals surface area contributed by atoms with E-state index in [0.29, 0.717) is 11.1 Å². The van der Waals surface area contributed by atoms with Gasteiger partial charge in [-0.05, 0) is 49.8 Å². The molecular formula is C23H32N2O4S. The SMILES string of the molecule is Cc1ccc(CN2C(=O)[C@H]3CCCC[C@@H]3C2=O)cc1S(=O)(=O)N(C)C1CCCCC1. The number of nitrogens with zero attached hydrogens (tertiary/aromatic N) is 2. The lowest BCUT2D eigenvalue weighted by Crippen LogP contribution is -2.38. The number of rotatable bonds is 5. The Kier molecular flexibility index (Phi) is 6.04. The number of hydrogen-bond acceptors (Lipinski definition) is 4. The van der Waals surface area contributed by atoms with Crippen LogP contribution in [0.2, 0.25) is 0 Å². The Morgan fingerprint density at radius 3 is 2.10 bits per heavy atom. The normalized spacial score (nSPS) is 25.8. The molecular weight excluding hydrogens is 400 g/mol. The summed E-state index contributed by atoms with van der Waals surface area (Å²) >= 11 is 0. The van der Waals surface area contributed by atoms with E-state index in [4.69, 9.17) is 0 Å². The van der Waals surface area contributed by atoms with E-state index in [1.54, 1.807) is 26.1 Å². The second kappa shape index (κ2) is 8.42. The van der Waals surface area contributed by atoms with Gasteiger partial charge in [-0.2, -0.15) is 4.31 Å². The van der Waals surface area contributed by atoms with Gasteiger partial charge in [0.2, 0.25) is 21.8 Å². The number of amides is 2. The van der Waals surface area contributed by atoms with E-state index >= 15 is 0 Å². The zero-order valence-corrected chi connectivity index (χ0v) is 18.8. The molecule has 2 saturated carbocycles. The third kappa shape index (κ3) is 3.82. The van der Waals surface area contributed by atoms with Crippen LogP contribution < -0.4 is 0 Å². The Labute approximate surface area is 179 Å². The first-order chi connectivity index (χ1) is 14.3. The largest absolute Gasteiger partial charge is 0.278 e. The quantitative estimate of drug-likeness (QED) is 0.666. The molecule has 0 aromatic heterocycles. The third-order valence-electron chi connectivity index (χ3n) is 7.27. The van der Waals surface area contributed by atoms with Crippen LogP contribution >= 0.6 is 0 Å². The van der Waals surface area contributed by atoms with Crippen molar-refractivity contribution in [3.8, 4) is 0 Å². The molecule has 0 bridgehead atoms. The van der Waals surface area contributed by atoms with Crippen LogP contribution in [-0.4, -0.2) is 42.5 Å². The molecule has 0 unspecified atom stereocenters. The second-order valence-corrected chi connectivity index (χ2v) is 11.1. The summed E-state index contributed by atoms with van der Waals surface area (Å²) in [5.74, 6) is -0.544. The maximum Gasteiger partial charge on any atom is 0.243 e. The third-order valence-corrected chi connectivity index (χ3v) is 9.32. The van der Waals surface area contributed by atoms with Crippen LogP contribution in [0.3, 0.4) is 0 Å². The lowest BCUT2D eigenvalue weighted by Gasteiger charge is -2.31. The molecule has 4 rings (SSSR count). The highest BCUT2D eigenvalue weighted by atomic mass is 32.2. The molecule has 3 aliphatic rings. The second-order valence-electron chi connectivity index (χ2n) is 9.17. The summed E-state index contributed by atoms with van der Waals surface area (Å²) in [5, 5.41) is 0. The molecule has 2 atom stereocenters. The first-order valence-electron chi connectivity index (χ1n) is 11.2. The van der Waals surface area contributed by atoms with E-state index < -0.39 is 10.0 Å². The summed E-state index contributed by atoms with van der Waals surface area (Å²) in [5.41, 5.74) is 1.38. The molecule has 164 valence electrons. The van der Waals surface area contributed by atoms with Gasteiger partial charge < -0.3 is 0 Å². The van der Waals surface area contributed by atoms with E-state index in [-0.39, 0.29) is 41.1 Å². The highest BCUT2D eigenvalue weighted by molar-refractivity contribution is 7.89. The summed E-state index contributed by atoms with van der Waals surface area (Å²) in [6.45, 7) is 1.95. The number of carbonyl (C=O) groups excluding carboxylic acids is 2. The highest BCUT2D eigenvalue weighted by Crippen LogP contribution is 2.39. The molecule has 2 amide bonds. The van der Waals surface area contributed by atoms with Gasteiger partial charge in [0.1, 0.15) is 0 Å². The Bertz CT molecular complexity index is 913. The number of likely N-dealkylation sites (tertiary alicyclic amines) is 1. The van der Waals surface area contributed by atoms with Crippen molar-refractivity contribution in [2.45, 2.75) is 82.2 Å². The Morgan fingerprint density at radius 1 is 0.933 bits per heavy atom. The van der Waals surface area contributed by atoms with Gasteiger partial charge in [0.25, 0.3) is 0 Å². The molecule has 6 nitrogen and oxygen atoms in total. The van der Waals surface area contributed by atoms with E-state index in [2.05, 4.69) is 0 Å². The van der Waals surface area contributed by atoms with Crippen molar-refractivity contribution in [2.24, 2.45) is 11.8 Å². The summed E-state index contributed by atoms with van der Waals surface area (Å²) < 4.78 is 28.2. The van der Waals surface area contributed by atoms with Crippen molar-refractivity contribution in [2.75, 3.05) is 7.05 Å². The van der Waals surface area contributed by atoms with Crippen LogP contribution in [0.4, 0.5) is 0 Å². The highest BCUT2D eigenvalue weighted by Gasteiger charge is 2.48. The Hall–Kier alpha value is -1.73. The molecule has 1 heterocycles.